The third-order valence-corrected chi connectivity index (χ3v) is 5.34. The molecule has 0 saturated carbocycles. The molecule has 0 aliphatic carbocycles. The van der Waals surface area contributed by atoms with Crippen LogP contribution in [0.2, 0.25) is 0 Å². The predicted molar refractivity (Wildman–Crippen MR) is 140 cm³/mol. The van der Waals surface area contributed by atoms with E-state index in [4.69, 9.17) is 9.47 Å². The molecule has 37 heavy (non-hydrogen) atoms. The summed E-state index contributed by atoms with van der Waals surface area (Å²) in [5.74, 6) is 0.836. The van der Waals surface area contributed by atoms with Crippen LogP contribution in [0.4, 0.5) is 28.4 Å². The third kappa shape index (κ3) is 6.08. The Balaban J connectivity index is 1.68. The zero-order chi connectivity index (χ0) is 26.4. The van der Waals surface area contributed by atoms with Crippen LogP contribution in [0.25, 0.3) is 10.9 Å². The van der Waals surface area contributed by atoms with Crippen molar-refractivity contribution < 1.29 is 14.4 Å². The Labute approximate surface area is 213 Å². The van der Waals surface area contributed by atoms with E-state index in [0.29, 0.717) is 34.2 Å². The molecule has 0 atom stereocenters. The molecule has 4 rings (SSSR count). The zero-order valence-electron chi connectivity index (χ0n) is 20.8. The summed E-state index contributed by atoms with van der Waals surface area (Å²) < 4.78 is 11.0. The van der Waals surface area contributed by atoms with Crippen molar-refractivity contribution in [2.45, 2.75) is 6.54 Å². The lowest BCUT2D eigenvalue weighted by atomic mass is 10.1. The van der Waals surface area contributed by atoms with Crippen molar-refractivity contribution >= 4 is 39.3 Å². The van der Waals surface area contributed by atoms with E-state index in [-0.39, 0.29) is 5.69 Å². The van der Waals surface area contributed by atoms with Gasteiger partial charge in [0.05, 0.1) is 36.0 Å². The summed E-state index contributed by atoms with van der Waals surface area (Å²) in [6.45, 7) is 0.737. The number of methoxy groups -OCH3 is 2. The first-order valence-corrected chi connectivity index (χ1v) is 11.2. The smallest absolute Gasteiger partial charge is 0.269 e. The van der Waals surface area contributed by atoms with Gasteiger partial charge in [-0.05, 0) is 56.1 Å². The van der Waals surface area contributed by atoms with Crippen LogP contribution in [0.3, 0.4) is 0 Å². The molecule has 0 aliphatic heterocycles. The van der Waals surface area contributed by atoms with Gasteiger partial charge in [-0.25, -0.2) is 0 Å². The molecule has 0 amide bonds. The van der Waals surface area contributed by atoms with Crippen LogP contribution in [-0.4, -0.2) is 43.1 Å². The first kappa shape index (κ1) is 25.3. The van der Waals surface area contributed by atoms with E-state index in [1.807, 2.05) is 38.4 Å². The lowest BCUT2D eigenvalue weighted by molar-refractivity contribution is -0.384. The van der Waals surface area contributed by atoms with Crippen molar-refractivity contribution in [2.75, 3.05) is 28.3 Å². The fraction of sp³-hybridized carbons (Fsp3) is 0.192. The molecule has 0 unspecified atom stereocenters. The summed E-state index contributed by atoms with van der Waals surface area (Å²) in [6, 6.07) is 16.9. The summed E-state index contributed by atoms with van der Waals surface area (Å²) in [6.07, 6.45) is 1.75. The summed E-state index contributed by atoms with van der Waals surface area (Å²) in [4.78, 5) is 16.9. The topological polar surface area (TPSA) is 127 Å². The van der Waals surface area contributed by atoms with Crippen molar-refractivity contribution in [2.24, 2.45) is 20.5 Å². The van der Waals surface area contributed by atoms with Gasteiger partial charge in [-0.2, -0.15) is 5.11 Å². The number of hydrogen-bond donors (Lipinski definition) is 0. The van der Waals surface area contributed by atoms with Crippen LogP contribution in [-0.2, 0) is 6.54 Å². The van der Waals surface area contributed by atoms with Crippen LogP contribution in [0, 0.1) is 10.1 Å². The van der Waals surface area contributed by atoms with Crippen molar-refractivity contribution in [1.29, 1.82) is 0 Å². The molecule has 0 bridgehead atoms. The van der Waals surface area contributed by atoms with Crippen LogP contribution in [0.5, 0.6) is 11.5 Å². The van der Waals surface area contributed by atoms with Crippen LogP contribution < -0.4 is 9.47 Å². The van der Waals surface area contributed by atoms with E-state index in [1.54, 1.807) is 18.3 Å². The second kappa shape index (κ2) is 11.3. The fourth-order valence-corrected chi connectivity index (χ4v) is 3.64. The highest BCUT2D eigenvalue weighted by molar-refractivity contribution is 5.90. The highest BCUT2D eigenvalue weighted by atomic mass is 16.6. The van der Waals surface area contributed by atoms with Gasteiger partial charge in [-0.15, -0.1) is 15.3 Å². The minimum atomic E-state index is -0.472. The van der Waals surface area contributed by atoms with Gasteiger partial charge in [-0.3, -0.25) is 15.1 Å². The number of nitrogens with zero attached hydrogens (tertiary/aromatic N) is 7. The van der Waals surface area contributed by atoms with E-state index >= 15 is 0 Å². The number of azo groups is 2. The van der Waals surface area contributed by atoms with Crippen molar-refractivity contribution in [1.82, 2.24) is 9.88 Å². The Morgan fingerprint density at radius 1 is 0.865 bits per heavy atom. The predicted octanol–water partition coefficient (Wildman–Crippen LogP) is 7.05. The van der Waals surface area contributed by atoms with Gasteiger partial charge in [0.2, 0.25) is 0 Å². The molecule has 11 heteroatoms. The Morgan fingerprint density at radius 3 is 2.08 bits per heavy atom. The number of pyridine rings is 1. The minimum absolute atomic E-state index is 0.0243. The minimum Gasteiger partial charge on any atom is -0.494 e. The number of nitro benzene ring substituents is 1. The normalized spacial score (nSPS) is 11.6. The molecule has 4 aromatic rings. The third-order valence-electron chi connectivity index (χ3n) is 5.34. The molecular weight excluding hydrogens is 474 g/mol. The average molecular weight is 500 g/mol. The fourth-order valence-electron chi connectivity index (χ4n) is 3.64. The Kier molecular flexibility index (Phi) is 7.74. The number of ether oxygens (including phenoxy) is 2. The maximum atomic E-state index is 10.8. The van der Waals surface area contributed by atoms with Crippen LogP contribution >= 0.6 is 0 Å². The number of rotatable bonds is 9. The lowest BCUT2D eigenvalue weighted by Gasteiger charge is -2.12. The van der Waals surface area contributed by atoms with Gasteiger partial charge in [0.1, 0.15) is 22.9 Å². The van der Waals surface area contributed by atoms with E-state index < -0.39 is 4.92 Å². The molecule has 1 aromatic heterocycles. The monoisotopic (exact) mass is 499 g/mol. The first-order chi connectivity index (χ1) is 17.9. The molecule has 188 valence electrons. The number of non-ortho nitro benzene ring substituents is 1. The van der Waals surface area contributed by atoms with Gasteiger partial charge < -0.3 is 14.4 Å². The summed E-state index contributed by atoms with van der Waals surface area (Å²) in [5, 5.41) is 29.1. The highest BCUT2D eigenvalue weighted by Gasteiger charge is 2.13. The van der Waals surface area contributed by atoms with E-state index in [9.17, 15) is 10.1 Å². The van der Waals surface area contributed by atoms with Crippen molar-refractivity contribution in [3.8, 4) is 11.5 Å². The Morgan fingerprint density at radius 2 is 1.49 bits per heavy atom. The molecular formula is C26H25N7O4. The van der Waals surface area contributed by atoms with E-state index in [0.717, 1.165) is 23.0 Å². The number of aromatic nitrogens is 1. The van der Waals surface area contributed by atoms with Crippen molar-refractivity contribution in [3.05, 3.63) is 82.5 Å². The standard InChI is InChI=1S/C26H25N7O4/c1-32(2)16-17-12-21-20(6-5-11-27-21)22(13-17)29-31-24-15-25(36-3)23(14-26(24)37-4)30-28-18-7-9-19(10-8-18)33(34)35/h5-15H,16H2,1-4H3. The maximum Gasteiger partial charge on any atom is 0.269 e. The number of hydrogen-bond acceptors (Lipinski definition) is 10. The Hall–Kier alpha value is -4.77. The van der Waals surface area contributed by atoms with E-state index in [2.05, 4.69) is 30.3 Å². The SMILES string of the molecule is COc1cc(N=Nc2cc(CN(C)C)cc3ncccc23)c(OC)cc1N=Nc1ccc([N+](=O)[O-])cc1. The molecule has 3 aromatic carbocycles. The highest BCUT2D eigenvalue weighted by Crippen LogP contribution is 2.41. The average Bonchev–Trinajstić information content (AvgIpc) is 2.90. The van der Waals surface area contributed by atoms with Crippen LogP contribution in [0.1, 0.15) is 5.56 Å². The summed E-state index contributed by atoms with van der Waals surface area (Å²) >= 11 is 0. The lowest BCUT2D eigenvalue weighted by Crippen LogP contribution is -2.10. The maximum absolute atomic E-state index is 10.8. The molecule has 1 heterocycles. The molecule has 0 aliphatic rings. The zero-order valence-corrected chi connectivity index (χ0v) is 20.8. The Bertz CT molecular complexity index is 1480. The second-order valence-corrected chi connectivity index (χ2v) is 8.29. The largest absolute Gasteiger partial charge is 0.494 e. The molecule has 0 fully saturated rings. The van der Waals surface area contributed by atoms with Gasteiger partial charge in [0.15, 0.2) is 0 Å². The summed E-state index contributed by atoms with van der Waals surface area (Å²) in [7, 11) is 7.04. The first-order valence-electron chi connectivity index (χ1n) is 11.2. The number of benzene rings is 3. The molecule has 11 nitrogen and oxygen atoms in total. The molecule has 0 spiro atoms. The van der Waals surface area contributed by atoms with Gasteiger partial charge in [0.25, 0.3) is 5.69 Å². The second-order valence-electron chi connectivity index (χ2n) is 8.29. The van der Waals surface area contributed by atoms with Crippen LogP contribution in [0.15, 0.2) is 87.3 Å². The number of fused-ring (bicyclic) bond motifs is 1. The van der Waals surface area contributed by atoms with Gasteiger partial charge >= 0.3 is 0 Å². The molecule has 0 radical (unpaired) electrons. The quantitative estimate of drug-likeness (QED) is 0.138. The molecule has 0 N–H and O–H groups in total. The number of nitro groups is 1. The van der Waals surface area contributed by atoms with Gasteiger partial charge in [0, 0.05) is 42.4 Å². The summed E-state index contributed by atoms with van der Waals surface area (Å²) in [5.41, 5.74) is 3.87. The molecule has 0 saturated heterocycles. The van der Waals surface area contributed by atoms with Crippen molar-refractivity contribution in [3.63, 3.8) is 0 Å². The van der Waals surface area contributed by atoms with E-state index in [1.165, 1.54) is 38.5 Å². The van der Waals surface area contributed by atoms with Gasteiger partial charge in [-0.1, -0.05) is 0 Å².